The Bertz CT molecular complexity index is 1720. The van der Waals surface area contributed by atoms with Gasteiger partial charge in [-0.25, -0.2) is 10.3 Å². The SMILES string of the molecule is C1=CC(c2ccc(-c3ccc4ccccc4c3C3N=C(c4ccccc4)NC(c4ccccc4)=[NH+]3)cc2)=C[NH2+]1. The number of quaternary nitrogens is 1. The summed E-state index contributed by atoms with van der Waals surface area (Å²) in [6.45, 7) is 0. The van der Waals surface area contributed by atoms with Gasteiger partial charge in [0.05, 0.1) is 11.8 Å². The third-order valence-corrected chi connectivity index (χ3v) is 7.33. The van der Waals surface area contributed by atoms with Gasteiger partial charge < -0.3 is 0 Å². The summed E-state index contributed by atoms with van der Waals surface area (Å²) in [7, 11) is 0. The summed E-state index contributed by atoms with van der Waals surface area (Å²) in [5.74, 6) is 1.79. The molecule has 0 bridgehead atoms. The van der Waals surface area contributed by atoms with Gasteiger partial charge in [0, 0.05) is 22.8 Å². The van der Waals surface area contributed by atoms with E-state index in [1.807, 2.05) is 12.1 Å². The molecule has 0 radical (unpaired) electrons. The molecule has 0 saturated heterocycles. The van der Waals surface area contributed by atoms with Crippen molar-refractivity contribution in [3.63, 3.8) is 0 Å². The lowest BCUT2D eigenvalue weighted by Crippen LogP contribution is -2.80. The number of fused-ring (bicyclic) bond motifs is 1. The second kappa shape index (κ2) is 10.0. The highest BCUT2D eigenvalue weighted by atomic mass is 15.2. The first-order valence-electron chi connectivity index (χ1n) is 13.3. The standard InChI is InChI=1S/C35H26N4/c1-3-10-27(11-4-1)33-37-34(28-12-5-2-6-13-28)39-35(38-33)32-30-14-8-7-9-25(30)19-20-31(32)26-17-15-24(16-18-26)29-21-22-36-23-29/h1-23,35-36H,(H,37,38,39)/p+2. The molecule has 5 aromatic rings. The molecule has 2 aliphatic rings. The third-order valence-electron chi connectivity index (χ3n) is 7.33. The Hall–Kier alpha value is -5.06. The van der Waals surface area contributed by atoms with Crippen LogP contribution >= 0.6 is 0 Å². The molecule has 7 rings (SSSR count). The number of rotatable bonds is 5. The van der Waals surface area contributed by atoms with E-state index in [0.29, 0.717) is 0 Å². The zero-order chi connectivity index (χ0) is 26.0. The van der Waals surface area contributed by atoms with Gasteiger partial charge in [0.15, 0.2) is 0 Å². The Morgan fingerprint density at radius 2 is 1.33 bits per heavy atom. The molecular weight excluding hydrogens is 476 g/mol. The van der Waals surface area contributed by atoms with Gasteiger partial charge in [0.2, 0.25) is 12.0 Å². The summed E-state index contributed by atoms with van der Waals surface area (Å²) in [6, 6.07) is 42.6. The van der Waals surface area contributed by atoms with Crippen molar-refractivity contribution < 1.29 is 10.3 Å². The second-order valence-corrected chi connectivity index (χ2v) is 9.76. The van der Waals surface area contributed by atoms with Crippen LogP contribution in [-0.4, -0.2) is 11.7 Å². The lowest BCUT2D eigenvalue weighted by Gasteiger charge is -2.21. The van der Waals surface area contributed by atoms with Crippen LogP contribution in [0.1, 0.15) is 28.4 Å². The van der Waals surface area contributed by atoms with Crippen LogP contribution in [0.25, 0.3) is 27.5 Å². The Labute approximate surface area is 227 Å². The van der Waals surface area contributed by atoms with Crippen molar-refractivity contribution in [2.24, 2.45) is 4.99 Å². The minimum Gasteiger partial charge on any atom is -0.293 e. The number of nitrogens with one attached hydrogen (secondary N) is 2. The molecule has 186 valence electrons. The lowest BCUT2D eigenvalue weighted by molar-refractivity contribution is -0.510. The smallest absolute Gasteiger partial charge is 0.283 e. The predicted molar refractivity (Wildman–Crippen MR) is 159 cm³/mol. The van der Waals surface area contributed by atoms with Crippen LogP contribution < -0.4 is 15.6 Å². The number of hydrogen-bond donors (Lipinski definition) is 3. The topological polar surface area (TPSA) is 55.0 Å². The van der Waals surface area contributed by atoms with Gasteiger partial charge >= 0.3 is 0 Å². The molecule has 2 heterocycles. The summed E-state index contributed by atoms with van der Waals surface area (Å²) in [4.78, 5) is 9.01. The number of nitrogens with zero attached hydrogens (tertiary/aromatic N) is 1. The van der Waals surface area contributed by atoms with Crippen molar-refractivity contribution in [3.05, 3.63) is 162 Å². The molecule has 2 aliphatic heterocycles. The van der Waals surface area contributed by atoms with Gasteiger partial charge in [-0.15, -0.1) is 0 Å². The molecule has 5 aromatic carbocycles. The van der Waals surface area contributed by atoms with E-state index in [-0.39, 0.29) is 6.17 Å². The highest BCUT2D eigenvalue weighted by Gasteiger charge is 2.29. The monoisotopic (exact) mass is 504 g/mol. The van der Waals surface area contributed by atoms with E-state index in [2.05, 4.69) is 143 Å². The van der Waals surface area contributed by atoms with Crippen molar-refractivity contribution in [2.75, 3.05) is 0 Å². The number of allylic oxidation sites excluding steroid dienone is 2. The molecule has 0 aromatic heterocycles. The van der Waals surface area contributed by atoms with Gasteiger partial charge in [0.1, 0.15) is 6.20 Å². The maximum atomic E-state index is 5.27. The van der Waals surface area contributed by atoms with Gasteiger partial charge in [-0.3, -0.25) is 5.32 Å². The summed E-state index contributed by atoms with van der Waals surface area (Å²) in [6.07, 6.45) is 6.09. The molecule has 1 unspecified atom stereocenters. The van der Waals surface area contributed by atoms with Crippen molar-refractivity contribution in [2.45, 2.75) is 6.17 Å². The maximum absolute atomic E-state index is 5.27. The molecule has 0 amide bonds. The molecule has 0 aliphatic carbocycles. The first-order valence-corrected chi connectivity index (χ1v) is 13.3. The summed E-state index contributed by atoms with van der Waals surface area (Å²) in [5, 5.41) is 8.04. The molecule has 0 spiro atoms. The number of nitrogens with two attached hydrogens (primary N) is 1. The van der Waals surface area contributed by atoms with Gasteiger partial charge in [0.25, 0.3) is 5.84 Å². The Morgan fingerprint density at radius 1 is 0.641 bits per heavy atom. The van der Waals surface area contributed by atoms with E-state index < -0.39 is 0 Å². The Balaban J connectivity index is 1.42. The van der Waals surface area contributed by atoms with E-state index in [4.69, 9.17) is 4.99 Å². The molecule has 4 N–H and O–H groups in total. The minimum absolute atomic E-state index is 0.285. The van der Waals surface area contributed by atoms with Crippen molar-refractivity contribution in [1.29, 1.82) is 0 Å². The van der Waals surface area contributed by atoms with Crippen LogP contribution in [0.15, 0.2) is 145 Å². The minimum atomic E-state index is -0.285. The van der Waals surface area contributed by atoms with E-state index >= 15 is 0 Å². The first-order chi connectivity index (χ1) is 19.3. The van der Waals surface area contributed by atoms with Crippen molar-refractivity contribution in [1.82, 2.24) is 5.32 Å². The molecular formula is C35H28N4+2. The largest absolute Gasteiger partial charge is 0.293 e. The molecule has 4 nitrogen and oxygen atoms in total. The van der Waals surface area contributed by atoms with Crippen LogP contribution in [0.4, 0.5) is 0 Å². The maximum Gasteiger partial charge on any atom is 0.283 e. The summed E-state index contributed by atoms with van der Waals surface area (Å²) in [5.41, 5.74) is 8.10. The van der Waals surface area contributed by atoms with Gasteiger partial charge in [-0.05, 0) is 51.7 Å². The van der Waals surface area contributed by atoms with E-state index in [1.165, 1.54) is 33.0 Å². The van der Waals surface area contributed by atoms with Gasteiger partial charge in [-0.1, -0.05) is 97.1 Å². The third kappa shape index (κ3) is 4.48. The van der Waals surface area contributed by atoms with Crippen LogP contribution in [-0.2, 0) is 0 Å². The lowest BCUT2D eigenvalue weighted by atomic mass is 9.91. The fourth-order valence-electron chi connectivity index (χ4n) is 5.38. The van der Waals surface area contributed by atoms with E-state index in [0.717, 1.165) is 28.4 Å². The highest BCUT2D eigenvalue weighted by Crippen LogP contribution is 2.35. The fourth-order valence-corrected chi connectivity index (χ4v) is 5.38. The highest BCUT2D eigenvalue weighted by molar-refractivity contribution is 6.13. The Morgan fingerprint density at radius 3 is 2.08 bits per heavy atom. The molecule has 0 fully saturated rings. The van der Waals surface area contributed by atoms with Crippen molar-refractivity contribution >= 4 is 28.0 Å². The zero-order valence-corrected chi connectivity index (χ0v) is 21.4. The molecule has 0 saturated carbocycles. The van der Waals surface area contributed by atoms with Crippen LogP contribution in [0.3, 0.4) is 0 Å². The molecule has 1 atom stereocenters. The molecule has 39 heavy (non-hydrogen) atoms. The zero-order valence-electron chi connectivity index (χ0n) is 21.4. The van der Waals surface area contributed by atoms with Crippen LogP contribution in [0.2, 0.25) is 0 Å². The van der Waals surface area contributed by atoms with E-state index in [9.17, 15) is 0 Å². The number of amidine groups is 2. The first kappa shape index (κ1) is 23.1. The average Bonchev–Trinajstić information content (AvgIpc) is 3.57. The number of hydrogen-bond acceptors (Lipinski definition) is 2. The fraction of sp³-hybridized carbons (Fsp3) is 0.0286. The van der Waals surface area contributed by atoms with Gasteiger partial charge in [-0.2, -0.15) is 4.99 Å². The van der Waals surface area contributed by atoms with Crippen LogP contribution in [0, 0.1) is 0 Å². The Kier molecular flexibility index (Phi) is 5.93. The quantitative estimate of drug-likeness (QED) is 0.324. The summed E-state index contributed by atoms with van der Waals surface area (Å²) >= 11 is 0. The predicted octanol–water partition coefficient (Wildman–Crippen LogP) is 4.51. The average molecular weight is 505 g/mol. The van der Waals surface area contributed by atoms with Crippen LogP contribution in [0.5, 0.6) is 0 Å². The number of aliphatic imine (C=N–C) groups is 1. The number of benzene rings is 5. The van der Waals surface area contributed by atoms with E-state index in [1.54, 1.807) is 0 Å². The van der Waals surface area contributed by atoms with Crippen molar-refractivity contribution in [3.8, 4) is 11.1 Å². The normalized spacial score (nSPS) is 16.4. The molecule has 4 heteroatoms. The second-order valence-electron chi connectivity index (χ2n) is 9.76. The summed E-state index contributed by atoms with van der Waals surface area (Å²) < 4.78 is 0.